The highest BCUT2D eigenvalue weighted by atomic mass is 35.5. The molecule has 0 atom stereocenters. The number of benzene rings is 2. The molecule has 9 heteroatoms. The van der Waals surface area contributed by atoms with Crippen molar-refractivity contribution < 1.29 is 13.2 Å². The van der Waals surface area contributed by atoms with Crippen LogP contribution in [0, 0.1) is 0 Å². The Morgan fingerprint density at radius 3 is 2.50 bits per heavy atom. The van der Waals surface area contributed by atoms with Gasteiger partial charge in [0.25, 0.3) is 5.91 Å². The maximum Gasteiger partial charge on any atom is 0.276 e. The summed E-state index contributed by atoms with van der Waals surface area (Å²) < 4.78 is 29.3. The van der Waals surface area contributed by atoms with Crippen LogP contribution < -0.4 is 5.32 Å². The molecule has 1 saturated heterocycles. The number of para-hydroxylation sites is 1. The molecule has 0 unspecified atom stereocenters. The Morgan fingerprint density at radius 1 is 1.00 bits per heavy atom. The van der Waals surface area contributed by atoms with Gasteiger partial charge in [0.05, 0.1) is 10.7 Å². The van der Waals surface area contributed by atoms with Gasteiger partial charge in [-0.05, 0) is 62.4 Å². The number of halogens is 1. The first kappa shape index (κ1) is 21.2. The second-order valence-corrected chi connectivity index (χ2v) is 10.4. The molecule has 3 aromatic rings. The fourth-order valence-corrected chi connectivity index (χ4v) is 6.46. The van der Waals surface area contributed by atoms with Gasteiger partial charge in [-0.25, -0.2) is 13.1 Å². The zero-order valence-corrected chi connectivity index (χ0v) is 19.0. The van der Waals surface area contributed by atoms with E-state index < -0.39 is 10.0 Å². The maximum absolute atomic E-state index is 13.1. The fourth-order valence-electron chi connectivity index (χ4n) is 4.44. The van der Waals surface area contributed by atoms with Crippen LogP contribution in [0.25, 0.3) is 5.69 Å². The summed E-state index contributed by atoms with van der Waals surface area (Å²) in [5.41, 5.74) is 3.66. The van der Waals surface area contributed by atoms with Crippen LogP contribution in [-0.2, 0) is 22.9 Å². The molecule has 166 valence electrons. The molecule has 1 aliphatic carbocycles. The molecule has 1 amide bonds. The van der Waals surface area contributed by atoms with Crippen molar-refractivity contribution in [1.82, 2.24) is 14.1 Å². The van der Waals surface area contributed by atoms with E-state index in [1.165, 1.54) is 16.4 Å². The Morgan fingerprint density at radius 2 is 1.75 bits per heavy atom. The molecule has 0 bridgehead atoms. The smallest absolute Gasteiger partial charge is 0.276 e. The van der Waals surface area contributed by atoms with Gasteiger partial charge in [-0.2, -0.15) is 9.40 Å². The summed E-state index contributed by atoms with van der Waals surface area (Å²) >= 11 is 6.23. The zero-order valence-electron chi connectivity index (χ0n) is 17.4. The summed E-state index contributed by atoms with van der Waals surface area (Å²) in [5, 5.41) is 7.57. The van der Waals surface area contributed by atoms with Crippen molar-refractivity contribution in [2.45, 2.75) is 37.0 Å². The largest absolute Gasteiger partial charge is 0.321 e. The van der Waals surface area contributed by atoms with Crippen LogP contribution in [0.5, 0.6) is 0 Å². The molecule has 7 nitrogen and oxygen atoms in total. The molecule has 1 aromatic heterocycles. The van der Waals surface area contributed by atoms with Gasteiger partial charge in [-0.3, -0.25) is 4.79 Å². The van der Waals surface area contributed by atoms with Gasteiger partial charge < -0.3 is 5.32 Å². The molecular weight excluding hydrogens is 448 g/mol. The average molecular weight is 471 g/mol. The Hall–Kier alpha value is -2.68. The zero-order chi connectivity index (χ0) is 22.3. The Balaban J connectivity index is 1.45. The Labute approximate surface area is 192 Å². The van der Waals surface area contributed by atoms with E-state index in [1.807, 2.05) is 35.0 Å². The maximum atomic E-state index is 13.1. The second kappa shape index (κ2) is 8.35. The van der Waals surface area contributed by atoms with Gasteiger partial charge in [-0.15, -0.1) is 0 Å². The van der Waals surface area contributed by atoms with E-state index in [2.05, 4.69) is 10.4 Å². The van der Waals surface area contributed by atoms with Crippen LogP contribution >= 0.6 is 11.6 Å². The Kier molecular flexibility index (Phi) is 5.53. The normalized spacial score (nSPS) is 16.3. The van der Waals surface area contributed by atoms with Crippen LogP contribution in [0.4, 0.5) is 5.69 Å². The van der Waals surface area contributed by atoms with Gasteiger partial charge in [0.2, 0.25) is 10.0 Å². The third kappa shape index (κ3) is 3.72. The van der Waals surface area contributed by atoms with E-state index >= 15 is 0 Å². The average Bonchev–Trinajstić information content (AvgIpc) is 3.54. The quantitative estimate of drug-likeness (QED) is 0.609. The standard InChI is InChI=1S/C23H23ClN4O3S/c24-19-12-11-16(15-21(19)32(30,31)27-13-4-5-14-27)25-23(29)22-18-9-6-10-20(18)28(26-22)17-7-2-1-3-8-17/h1-3,7-8,11-12,15H,4-6,9-10,13-14H2,(H,25,29). The summed E-state index contributed by atoms with van der Waals surface area (Å²) in [7, 11) is -3.70. The fraction of sp³-hybridized carbons (Fsp3) is 0.304. The lowest BCUT2D eigenvalue weighted by Crippen LogP contribution is -2.28. The van der Waals surface area contributed by atoms with E-state index in [0.717, 1.165) is 49.0 Å². The SMILES string of the molecule is O=C(Nc1ccc(Cl)c(S(=O)(=O)N2CCCC2)c1)c1nn(-c2ccccc2)c2c1CCC2. The molecule has 0 radical (unpaired) electrons. The molecule has 0 spiro atoms. The van der Waals surface area contributed by atoms with Crippen molar-refractivity contribution in [2.24, 2.45) is 0 Å². The number of fused-ring (bicyclic) bond motifs is 1. The topological polar surface area (TPSA) is 84.3 Å². The monoisotopic (exact) mass is 470 g/mol. The highest BCUT2D eigenvalue weighted by Crippen LogP contribution is 2.31. The van der Waals surface area contributed by atoms with Crippen LogP contribution in [-0.4, -0.2) is 41.5 Å². The van der Waals surface area contributed by atoms with E-state index in [4.69, 9.17) is 11.6 Å². The number of anilines is 1. The molecule has 2 aliphatic rings. The summed E-state index contributed by atoms with van der Waals surface area (Å²) in [5.74, 6) is -0.357. The molecule has 5 rings (SSSR count). The van der Waals surface area contributed by atoms with Crippen LogP contribution in [0.15, 0.2) is 53.4 Å². The lowest BCUT2D eigenvalue weighted by atomic mass is 10.2. The first-order chi connectivity index (χ1) is 15.4. The molecule has 2 heterocycles. The number of aromatic nitrogens is 2. The number of hydrogen-bond donors (Lipinski definition) is 1. The lowest BCUT2D eigenvalue weighted by molar-refractivity contribution is 0.102. The molecule has 0 saturated carbocycles. The highest BCUT2D eigenvalue weighted by Gasteiger charge is 2.30. The predicted molar refractivity (Wildman–Crippen MR) is 123 cm³/mol. The molecule has 1 N–H and O–H groups in total. The molecule has 1 aliphatic heterocycles. The molecular formula is C23H23ClN4O3S. The number of nitrogens with one attached hydrogen (secondary N) is 1. The van der Waals surface area contributed by atoms with Gasteiger partial charge >= 0.3 is 0 Å². The van der Waals surface area contributed by atoms with Gasteiger partial charge in [0.1, 0.15) is 4.90 Å². The summed E-state index contributed by atoms with van der Waals surface area (Å²) in [6.07, 6.45) is 4.30. The number of sulfonamides is 1. The van der Waals surface area contributed by atoms with E-state index in [9.17, 15) is 13.2 Å². The summed E-state index contributed by atoms with van der Waals surface area (Å²) in [4.78, 5) is 13.2. The van der Waals surface area contributed by atoms with Crippen molar-refractivity contribution in [2.75, 3.05) is 18.4 Å². The van der Waals surface area contributed by atoms with Gasteiger partial charge in [-0.1, -0.05) is 29.8 Å². The first-order valence-electron chi connectivity index (χ1n) is 10.7. The number of carbonyl (C=O) groups excluding carboxylic acids is 1. The third-order valence-electron chi connectivity index (χ3n) is 6.02. The minimum Gasteiger partial charge on any atom is -0.321 e. The number of rotatable bonds is 5. The van der Waals surface area contributed by atoms with Gasteiger partial charge in [0, 0.05) is 30.0 Å². The molecule has 1 fully saturated rings. The number of carbonyl (C=O) groups is 1. The van der Waals surface area contributed by atoms with Crippen LogP contribution in [0.3, 0.4) is 0 Å². The molecule has 2 aromatic carbocycles. The van der Waals surface area contributed by atoms with E-state index in [-0.39, 0.29) is 15.8 Å². The summed E-state index contributed by atoms with van der Waals surface area (Å²) in [6.45, 7) is 0.969. The minimum atomic E-state index is -3.70. The Bertz CT molecular complexity index is 1280. The van der Waals surface area contributed by atoms with E-state index in [0.29, 0.717) is 24.5 Å². The predicted octanol–water partition coefficient (Wildman–Crippen LogP) is 4.05. The number of hydrogen-bond acceptors (Lipinski definition) is 4. The van der Waals surface area contributed by atoms with E-state index in [1.54, 1.807) is 6.07 Å². The third-order valence-corrected chi connectivity index (χ3v) is 8.40. The van der Waals surface area contributed by atoms with Crippen LogP contribution in [0.1, 0.15) is 41.0 Å². The van der Waals surface area contributed by atoms with Gasteiger partial charge in [0.15, 0.2) is 5.69 Å². The van der Waals surface area contributed by atoms with Crippen molar-refractivity contribution in [3.63, 3.8) is 0 Å². The minimum absolute atomic E-state index is 0.0129. The van der Waals surface area contributed by atoms with Crippen molar-refractivity contribution >= 4 is 33.2 Å². The van der Waals surface area contributed by atoms with Crippen LogP contribution in [0.2, 0.25) is 5.02 Å². The van der Waals surface area contributed by atoms with Crippen molar-refractivity contribution in [1.29, 1.82) is 0 Å². The number of amides is 1. The highest BCUT2D eigenvalue weighted by molar-refractivity contribution is 7.89. The molecule has 32 heavy (non-hydrogen) atoms. The number of nitrogens with zero attached hydrogens (tertiary/aromatic N) is 3. The van der Waals surface area contributed by atoms with Crippen molar-refractivity contribution in [3.8, 4) is 5.69 Å². The first-order valence-corrected chi connectivity index (χ1v) is 12.5. The second-order valence-electron chi connectivity index (χ2n) is 8.09. The van der Waals surface area contributed by atoms with Crippen molar-refractivity contribution in [3.05, 3.63) is 70.5 Å². The summed E-state index contributed by atoms with van der Waals surface area (Å²) in [6, 6.07) is 14.3. The lowest BCUT2D eigenvalue weighted by Gasteiger charge is -2.17.